The van der Waals surface area contributed by atoms with Gasteiger partial charge in [0.1, 0.15) is 11.0 Å². The Kier molecular flexibility index (Phi) is 4.17. The third kappa shape index (κ3) is 3.20. The molecule has 0 aliphatic heterocycles. The van der Waals surface area contributed by atoms with Gasteiger partial charge in [0, 0.05) is 0 Å². The number of hydrogen-bond acceptors (Lipinski definition) is 4. The van der Waals surface area contributed by atoms with Crippen molar-refractivity contribution in [2.24, 2.45) is 0 Å². The van der Waals surface area contributed by atoms with Crippen molar-refractivity contribution in [1.82, 2.24) is 4.98 Å². The molecule has 0 saturated heterocycles. The number of benzene rings is 1. The Balaban J connectivity index is 2.35. The molecule has 0 aliphatic rings. The van der Waals surface area contributed by atoms with E-state index in [1.165, 1.54) is 24.4 Å². The first-order valence-corrected chi connectivity index (χ1v) is 7.84. The standard InChI is InChI=1S/C11H8BrClFN3O2S/c12-8-3-6(5-16-11(8)13)17-20(18,19)7-1-2-10(15)9(14)4-7/h1-5,17H,15H2. The summed E-state index contributed by atoms with van der Waals surface area (Å²) in [6, 6.07) is 4.68. The van der Waals surface area contributed by atoms with Crippen LogP contribution in [0, 0.1) is 5.82 Å². The van der Waals surface area contributed by atoms with E-state index in [9.17, 15) is 12.8 Å². The Labute approximate surface area is 128 Å². The molecule has 0 amide bonds. The van der Waals surface area contributed by atoms with Crippen LogP contribution in [0.15, 0.2) is 39.8 Å². The number of halogens is 3. The lowest BCUT2D eigenvalue weighted by Crippen LogP contribution is -2.13. The summed E-state index contributed by atoms with van der Waals surface area (Å²) in [5.41, 5.74) is 5.37. The number of pyridine rings is 1. The summed E-state index contributed by atoms with van der Waals surface area (Å²) < 4.78 is 40.1. The van der Waals surface area contributed by atoms with Gasteiger partial charge in [-0.05, 0) is 40.2 Å². The Morgan fingerprint density at radius 2 is 2.05 bits per heavy atom. The van der Waals surface area contributed by atoms with E-state index in [0.29, 0.717) is 4.47 Å². The van der Waals surface area contributed by atoms with E-state index in [1.54, 1.807) is 0 Å². The molecule has 0 unspecified atom stereocenters. The number of aromatic nitrogens is 1. The van der Waals surface area contributed by atoms with Crippen molar-refractivity contribution in [3.8, 4) is 0 Å². The van der Waals surface area contributed by atoms with Gasteiger partial charge >= 0.3 is 0 Å². The predicted molar refractivity (Wildman–Crippen MR) is 78.6 cm³/mol. The molecule has 0 spiro atoms. The van der Waals surface area contributed by atoms with Gasteiger partial charge in [-0.15, -0.1) is 0 Å². The molecule has 1 aromatic carbocycles. The monoisotopic (exact) mass is 379 g/mol. The van der Waals surface area contributed by atoms with Gasteiger partial charge in [0.25, 0.3) is 10.0 Å². The van der Waals surface area contributed by atoms with E-state index in [-0.39, 0.29) is 21.4 Å². The number of nitrogens with one attached hydrogen (secondary N) is 1. The summed E-state index contributed by atoms with van der Waals surface area (Å²) >= 11 is 8.83. The molecule has 1 heterocycles. The van der Waals surface area contributed by atoms with Crippen molar-refractivity contribution in [2.75, 3.05) is 10.5 Å². The molecular weight excluding hydrogens is 373 g/mol. The molecule has 2 aromatic rings. The smallest absolute Gasteiger partial charge is 0.262 e. The van der Waals surface area contributed by atoms with Gasteiger partial charge in [0.05, 0.1) is 26.9 Å². The molecule has 0 bridgehead atoms. The maximum atomic E-state index is 13.3. The Hall–Kier alpha value is -1.38. The molecule has 9 heteroatoms. The van der Waals surface area contributed by atoms with Gasteiger partial charge in [-0.2, -0.15) is 0 Å². The Bertz CT molecular complexity index is 770. The fraction of sp³-hybridized carbons (Fsp3) is 0. The molecule has 0 atom stereocenters. The first-order chi connectivity index (χ1) is 9.29. The summed E-state index contributed by atoms with van der Waals surface area (Å²) in [6.07, 6.45) is 1.25. The van der Waals surface area contributed by atoms with Crippen LogP contribution < -0.4 is 10.5 Å². The predicted octanol–water partition coefficient (Wildman–Crippen LogP) is 3.02. The number of nitrogens with two attached hydrogens (primary N) is 1. The van der Waals surface area contributed by atoms with Crippen LogP contribution in [0.25, 0.3) is 0 Å². The highest BCUT2D eigenvalue weighted by Gasteiger charge is 2.16. The van der Waals surface area contributed by atoms with Crippen molar-refractivity contribution in [3.05, 3.63) is 45.9 Å². The topological polar surface area (TPSA) is 85.1 Å². The minimum Gasteiger partial charge on any atom is -0.396 e. The second-order valence-electron chi connectivity index (χ2n) is 3.79. The molecule has 0 fully saturated rings. The maximum absolute atomic E-state index is 13.3. The average molecular weight is 381 g/mol. The van der Waals surface area contributed by atoms with Crippen molar-refractivity contribution < 1.29 is 12.8 Å². The molecule has 1 aromatic heterocycles. The van der Waals surface area contributed by atoms with Crippen LogP contribution in [-0.2, 0) is 10.0 Å². The maximum Gasteiger partial charge on any atom is 0.262 e. The zero-order chi connectivity index (χ0) is 14.9. The first-order valence-electron chi connectivity index (χ1n) is 5.18. The lowest BCUT2D eigenvalue weighted by Gasteiger charge is -2.09. The van der Waals surface area contributed by atoms with Gasteiger partial charge in [-0.25, -0.2) is 17.8 Å². The van der Waals surface area contributed by atoms with Crippen molar-refractivity contribution in [2.45, 2.75) is 4.90 Å². The molecule has 0 saturated carbocycles. The van der Waals surface area contributed by atoms with E-state index < -0.39 is 15.8 Å². The molecular formula is C11H8BrClFN3O2S. The molecule has 20 heavy (non-hydrogen) atoms. The summed E-state index contributed by atoms with van der Waals surface area (Å²) in [5.74, 6) is -0.803. The minimum atomic E-state index is -3.93. The van der Waals surface area contributed by atoms with Crippen molar-refractivity contribution in [1.29, 1.82) is 0 Å². The number of nitrogen functional groups attached to an aromatic ring is 1. The summed E-state index contributed by atoms with van der Waals surface area (Å²) in [7, 11) is -3.93. The summed E-state index contributed by atoms with van der Waals surface area (Å²) in [6.45, 7) is 0. The molecule has 0 aliphatic carbocycles. The molecule has 5 nitrogen and oxygen atoms in total. The SMILES string of the molecule is Nc1ccc(S(=O)(=O)Nc2cnc(Cl)c(Br)c2)cc1F. The van der Waals surface area contributed by atoms with E-state index >= 15 is 0 Å². The average Bonchev–Trinajstić information content (AvgIpc) is 2.37. The third-order valence-electron chi connectivity index (χ3n) is 2.33. The summed E-state index contributed by atoms with van der Waals surface area (Å²) in [4.78, 5) is 3.55. The zero-order valence-electron chi connectivity index (χ0n) is 9.77. The molecule has 3 N–H and O–H groups in total. The number of anilines is 2. The van der Waals surface area contributed by atoms with Gasteiger partial charge in [0.15, 0.2) is 0 Å². The van der Waals surface area contributed by atoms with Crippen molar-refractivity contribution in [3.63, 3.8) is 0 Å². The van der Waals surface area contributed by atoms with Gasteiger partial charge < -0.3 is 5.73 Å². The normalized spacial score (nSPS) is 11.3. The van der Waals surface area contributed by atoms with Crippen LogP contribution in [0.3, 0.4) is 0 Å². The number of rotatable bonds is 3. The van der Waals surface area contributed by atoms with Crippen LogP contribution in [0.4, 0.5) is 15.8 Å². The van der Waals surface area contributed by atoms with Crippen LogP contribution in [-0.4, -0.2) is 13.4 Å². The zero-order valence-corrected chi connectivity index (χ0v) is 12.9. The largest absolute Gasteiger partial charge is 0.396 e. The van der Waals surface area contributed by atoms with Crippen LogP contribution >= 0.6 is 27.5 Å². The lowest BCUT2D eigenvalue weighted by molar-refractivity contribution is 0.596. The second-order valence-corrected chi connectivity index (χ2v) is 6.68. The highest BCUT2D eigenvalue weighted by atomic mass is 79.9. The fourth-order valence-electron chi connectivity index (χ4n) is 1.37. The molecule has 0 radical (unpaired) electrons. The van der Waals surface area contributed by atoms with E-state index in [2.05, 4.69) is 25.6 Å². The van der Waals surface area contributed by atoms with Crippen molar-refractivity contribution >= 4 is 48.9 Å². The Morgan fingerprint density at radius 3 is 2.65 bits per heavy atom. The van der Waals surface area contributed by atoms with Crippen LogP contribution in [0.1, 0.15) is 0 Å². The molecule has 106 valence electrons. The summed E-state index contributed by atoms with van der Waals surface area (Å²) in [5, 5.41) is 0.200. The molecule has 2 rings (SSSR count). The second kappa shape index (κ2) is 5.55. The number of nitrogens with zero attached hydrogens (tertiary/aromatic N) is 1. The number of hydrogen-bond donors (Lipinski definition) is 2. The van der Waals surface area contributed by atoms with E-state index in [4.69, 9.17) is 17.3 Å². The van der Waals surface area contributed by atoms with Gasteiger partial charge in [-0.3, -0.25) is 4.72 Å². The lowest BCUT2D eigenvalue weighted by atomic mass is 10.3. The van der Waals surface area contributed by atoms with E-state index in [0.717, 1.165) is 6.07 Å². The van der Waals surface area contributed by atoms with Crippen LogP contribution in [0.2, 0.25) is 5.15 Å². The van der Waals surface area contributed by atoms with Crippen LogP contribution in [0.5, 0.6) is 0 Å². The first kappa shape index (κ1) is 15.0. The highest BCUT2D eigenvalue weighted by Crippen LogP contribution is 2.25. The fourth-order valence-corrected chi connectivity index (χ4v) is 2.86. The number of sulfonamides is 1. The third-order valence-corrected chi connectivity index (χ3v) is 4.84. The van der Waals surface area contributed by atoms with E-state index in [1.807, 2.05) is 0 Å². The quantitative estimate of drug-likeness (QED) is 0.633. The highest BCUT2D eigenvalue weighted by molar-refractivity contribution is 9.10. The minimum absolute atomic E-state index is 0.125. The Morgan fingerprint density at radius 1 is 1.35 bits per heavy atom. The van der Waals surface area contributed by atoms with Gasteiger partial charge in [-0.1, -0.05) is 11.6 Å². The van der Waals surface area contributed by atoms with Gasteiger partial charge in [0.2, 0.25) is 0 Å².